The highest BCUT2D eigenvalue weighted by Gasteiger charge is 2.63. The van der Waals surface area contributed by atoms with Gasteiger partial charge in [0.15, 0.2) is 0 Å². The van der Waals surface area contributed by atoms with Crippen LogP contribution < -0.4 is 5.46 Å². The topological polar surface area (TPSA) is 81.2 Å². The van der Waals surface area contributed by atoms with E-state index in [0.717, 1.165) is 32.5 Å². The molecule has 0 aliphatic carbocycles. The first-order valence-corrected chi connectivity index (χ1v) is 18.7. The molecule has 0 bridgehead atoms. The molecule has 2 aromatic carbocycles. The first-order valence-electron chi connectivity index (χ1n) is 17.9. The minimum absolute atomic E-state index is 0. The second-order valence-electron chi connectivity index (χ2n) is 16.4. The van der Waals surface area contributed by atoms with Gasteiger partial charge in [-0.2, -0.15) is 0 Å². The average Bonchev–Trinajstić information content (AvgIpc) is 3.55. The largest absolute Gasteiger partial charge is 0.494 e. The van der Waals surface area contributed by atoms with E-state index in [0.29, 0.717) is 0 Å². The van der Waals surface area contributed by atoms with Gasteiger partial charge in [0.25, 0.3) is 0 Å². The summed E-state index contributed by atoms with van der Waals surface area (Å²) in [5.74, 6) is 0. The molecule has 3 saturated heterocycles. The molecule has 3 aliphatic rings. The van der Waals surface area contributed by atoms with Crippen LogP contribution in [0.2, 0.25) is 0 Å². The second kappa shape index (κ2) is 16.1. The summed E-state index contributed by atoms with van der Waals surface area (Å²) in [6, 6.07) is 28.1. The zero-order chi connectivity index (χ0) is 38.2. The van der Waals surface area contributed by atoms with Gasteiger partial charge in [-0.3, -0.25) is 9.97 Å². The van der Waals surface area contributed by atoms with Crippen LogP contribution in [0.3, 0.4) is 0 Å². The van der Waals surface area contributed by atoms with Gasteiger partial charge in [-0.25, -0.2) is 0 Å². The van der Waals surface area contributed by atoms with E-state index in [9.17, 15) is 0 Å². The molecule has 4 aromatic rings. The monoisotopic (exact) mass is 784 g/mol. The van der Waals surface area contributed by atoms with E-state index in [1.807, 2.05) is 122 Å². The van der Waals surface area contributed by atoms with E-state index >= 15 is 0 Å². The molecule has 0 N–H and O–H groups in total. The zero-order valence-corrected chi connectivity index (χ0v) is 34.3. The van der Waals surface area contributed by atoms with Gasteiger partial charge in [-0.05, 0) is 131 Å². The summed E-state index contributed by atoms with van der Waals surface area (Å²) in [6.45, 7) is 24.5. The SMILES string of the molecule is Brc1cccc(-c2ccccn2)c1.C.CC1(C)OB(B2OC(C)(C)C(C)(C)O2)OC1(C)C.CC1(C)OB(c2cccc(-c3ccccn3)c2)OC1(C)C. The molecule has 2 aromatic heterocycles. The van der Waals surface area contributed by atoms with Crippen LogP contribution in [0.5, 0.6) is 0 Å². The molecular formula is C41H56B3BrN2O6. The predicted molar refractivity (Wildman–Crippen MR) is 222 cm³/mol. The second-order valence-corrected chi connectivity index (χ2v) is 17.3. The lowest BCUT2D eigenvalue weighted by atomic mass is 9.49. The molecule has 5 heterocycles. The van der Waals surface area contributed by atoms with Gasteiger partial charge in [0, 0.05) is 22.4 Å². The summed E-state index contributed by atoms with van der Waals surface area (Å²) in [6.07, 6.45) is 3.60. The third-order valence-corrected chi connectivity index (χ3v) is 11.4. The number of aromatic nitrogens is 2. The molecule has 0 atom stereocenters. The quantitative estimate of drug-likeness (QED) is 0.190. The van der Waals surface area contributed by atoms with Crippen molar-refractivity contribution in [3.05, 3.63) is 102 Å². The van der Waals surface area contributed by atoms with Crippen LogP contribution in [0.4, 0.5) is 0 Å². The van der Waals surface area contributed by atoms with E-state index in [2.05, 4.69) is 71.8 Å². The summed E-state index contributed by atoms with van der Waals surface area (Å²) < 4.78 is 37.1. The lowest BCUT2D eigenvalue weighted by Gasteiger charge is -2.32. The Morgan fingerprint density at radius 1 is 0.453 bits per heavy atom. The summed E-state index contributed by atoms with van der Waals surface area (Å²) in [7, 11) is -1.29. The van der Waals surface area contributed by atoms with Crippen LogP contribution in [-0.2, 0) is 27.9 Å². The molecule has 282 valence electrons. The van der Waals surface area contributed by atoms with Crippen molar-refractivity contribution in [2.45, 2.75) is 124 Å². The third kappa shape index (κ3) is 9.71. The highest BCUT2D eigenvalue weighted by molar-refractivity contribution is 9.10. The molecule has 0 amide bonds. The van der Waals surface area contributed by atoms with E-state index in [-0.39, 0.29) is 48.2 Å². The number of pyridine rings is 2. The van der Waals surface area contributed by atoms with Crippen LogP contribution in [0.25, 0.3) is 22.5 Å². The first kappa shape index (κ1) is 42.9. The first-order chi connectivity index (χ1) is 24.1. The maximum Gasteiger partial charge on any atom is 0.494 e. The number of hydrogen-bond acceptors (Lipinski definition) is 8. The summed E-state index contributed by atoms with van der Waals surface area (Å²) in [4.78, 5) is 8.66. The fraction of sp³-hybridized carbons (Fsp3) is 0.463. The standard InChI is InChI=1S/C17H20BNO2.C12H24B2O4.C11H8BrN.CH4/c1-16(2)17(3,4)21-18(20-16)14-9-7-8-13(12-14)15-10-5-6-11-19-15;1-9(2)10(3,4)16-13(15-9)14-17-11(5,6)12(7,8)18-14;12-10-5-3-4-9(8-10)11-6-1-2-7-13-11;/h5-12H,1-4H3;1-8H3;1-8H;1H4. The fourth-order valence-corrected chi connectivity index (χ4v) is 5.94. The number of hydrogen-bond donors (Lipinski definition) is 0. The Bertz CT molecular complexity index is 1730. The summed E-state index contributed by atoms with van der Waals surface area (Å²) in [5.41, 5.74) is 3.11. The zero-order valence-electron chi connectivity index (χ0n) is 32.7. The Labute approximate surface area is 327 Å². The van der Waals surface area contributed by atoms with Crippen molar-refractivity contribution in [1.82, 2.24) is 9.97 Å². The molecule has 0 unspecified atom stereocenters. The van der Waals surface area contributed by atoms with E-state index in [1.54, 1.807) is 12.4 Å². The van der Waals surface area contributed by atoms with E-state index in [4.69, 9.17) is 27.9 Å². The fourth-order valence-electron chi connectivity index (χ4n) is 5.54. The molecular weight excluding hydrogens is 729 g/mol. The van der Waals surface area contributed by atoms with Crippen molar-refractivity contribution in [3.63, 3.8) is 0 Å². The van der Waals surface area contributed by atoms with E-state index < -0.39 is 14.0 Å². The Kier molecular flexibility index (Phi) is 13.0. The van der Waals surface area contributed by atoms with Gasteiger partial charge in [0.2, 0.25) is 0 Å². The molecule has 12 heteroatoms. The maximum absolute atomic E-state index is 6.10. The van der Waals surface area contributed by atoms with Crippen molar-refractivity contribution >= 4 is 42.5 Å². The molecule has 3 aliphatic heterocycles. The van der Waals surface area contributed by atoms with Gasteiger partial charge in [-0.15, -0.1) is 0 Å². The van der Waals surface area contributed by atoms with Crippen LogP contribution in [0.15, 0.2) is 102 Å². The molecule has 8 nitrogen and oxygen atoms in total. The van der Waals surface area contributed by atoms with Gasteiger partial charge in [0.05, 0.1) is 45.0 Å². The summed E-state index contributed by atoms with van der Waals surface area (Å²) in [5, 5.41) is 0. The van der Waals surface area contributed by atoms with Gasteiger partial charge < -0.3 is 27.9 Å². The van der Waals surface area contributed by atoms with Gasteiger partial charge in [0.1, 0.15) is 0 Å². The van der Waals surface area contributed by atoms with Crippen molar-refractivity contribution in [3.8, 4) is 22.5 Å². The van der Waals surface area contributed by atoms with Crippen molar-refractivity contribution < 1.29 is 27.9 Å². The molecule has 3 fully saturated rings. The van der Waals surface area contributed by atoms with Crippen LogP contribution in [0.1, 0.15) is 90.5 Å². The summed E-state index contributed by atoms with van der Waals surface area (Å²) >= 11 is 3.43. The minimum atomic E-state index is -0.476. The molecule has 0 saturated carbocycles. The number of rotatable bonds is 4. The molecule has 0 spiro atoms. The Balaban J connectivity index is 0.000000180. The number of halogens is 1. The van der Waals surface area contributed by atoms with E-state index in [1.165, 1.54) is 0 Å². The van der Waals surface area contributed by atoms with Gasteiger partial charge in [-0.1, -0.05) is 71.9 Å². The lowest BCUT2D eigenvalue weighted by molar-refractivity contribution is 0.00578. The third-order valence-electron chi connectivity index (χ3n) is 10.9. The maximum atomic E-state index is 6.10. The van der Waals surface area contributed by atoms with Crippen molar-refractivity contribution in [2.75, 3.05) is 0 Å². The Hall–Kier alpha value is -2.83. The minimum Gasteiger partial charge on any atom is -0.405 e. The number of benzene rings is 2. The van der Waals surface area contributed by atoms with Crippen LogP contribution in [0, 0.1) is 0 Å². The molecule has 0 radical (unpaired) electrons. The van der Waals surface area contributed by atoms with Crippen LogP contribution >= 0.6 is 15.9 Å². The average molecular weight is 785 g/mol. The van der Waals surface area contributed by atoms with Crippen LogP contribution in [-0.4, -0.2) is 64.7 Å². The number of nitrogens with zero attached hydrogens (tertiary/aromatic N) is 2. The highest BCUT2D eigenvalue weighted by Crippen LogP contribution is 2.43. The Morgan fingerprint density at radius 2 is 0.830 bits per heavy atom. The normalized spacial score (nSPS) is 21.1. The highest BCUT2D eigenvalue weighted by atomic mass is 79.9. The van der Waals surface area contributed by atoms with Crippen molar-refractivity contribution in [2.24, 2.45) is 0 Å². The lowest BCUT2D eigenvalue weighted by Crippen LogP contribution is -2.41. The van der Waals surface area contributed by atoms with Gasteiger partial charge >= 0.3 is 21.1 Å². The Morgan fingerprint density at radius 3 is 1.21 bits per heavy atom. The molecule has 53 heavy (non-hydrogen) atoms. The predicted octanol–water partition coefficient (Wildman–Crippen LogP) is 9.44. The smallest absolute Gasteiger partial charge is 0.405 e. The molecule has 7 rings (SSSR count). The van der Waals surface area contributed by atoms with Crippen molar-refractivity contribution in [1.29, 1.82) is 0 Å².